The van der Waals surface area contributed by atoms with Gasteiger partial charge in [0.15, 0.2) is 0 Å². The summed E-state index contributed by atoms with van der Waals surface area (Å²) in [5.74, 6) is 0.796. The molecule has 0 aromatic carbocycles. The third-order valence-corrected chi connectivity index (χ3v) is 4.70. The Bertz CT molecular complexity index is 673. The van der Waals surface area contributed by atoms with E-state index in [1.807, 2.05) is 27.0 Å². The predicted octanol–water partition coefficient (Wildman–Crippen LogP) is 1.11. The number of anilines is 1. The molecule has 27 heavy (non-hydrogen) atoms. The molecule has 1 atom stereocenters. The summed E-state index contributed by atoms with van der Waals surface area (Å²) >= 11 is 0. The van der Waals surface area contributed by atoms with Crippen molar-refractivity contribution in [1.29, 1.82) is 0 Å². The number of aromatic nitrogens is 2. The summed E-state index contributed by atoms with van der Waals surface area (Å²) in [5.41, 5.74) is 1.57. The van der Waals surface area contributed by atoms with Crippen molar-refractivity contribution >= 4 is 12.0 Å². The molecular formula is C19H32N6O2. The van der Waals surface area contributed by atoms with Crippen molar-refractivity contribution in [3.63, 3.8) is 0 Å². The van der Waals surface area contributed by atoms with Gasteiger partial charge in [0.2, 0.25) is 5.95 Å². The zero-order valence-corrected chi connectivity index (χ0v) is 17.2. The zero-order chi connectivity index (χ0) is 19.6. The van der Waals surface area contributed by atoms with Gasteiger partial charge in [-0.2, -0.15) is 0 Å². The van der Waals surface area contributed by atoms with E-state index in [1.54, 1.807) is 4.90 Å². The summed E-state index contributed by atoms with van der Waals surface area (Å²) in [7, 11) is 4.18. The molecule has 0 radical (unpaired) electrons. The van der Waals surface area contributed by atoms with Crippen molar-refractivity contribution in [2.75, 3.05) is 51.7 Å². The third-order valence-electron chi connectivity index (χ3n) is 4.70. The Labute approximate surface area is 161 Å². The van der Waals surface area contributed by atoms with Gasteiger partial charge in [0, 0.05) is 56.9 Å². The van der Waals surface area contributed by atoms with Crippen molar-refractivity contribution in [3.8, 4) is 0 Å². The average molecular weight is 377 g/mol. The number of nitrogens with one attached hydrogen (secondary N) is 1. The van der Waals surface area contributed by atoms with Gasteiger partial charge in [0.25, 0.3) is 0 Å². The van der Waals surface area contributed by atoms with Gasteiger partial charge in [0.1, 0.15) is 5.60 Å². The lowest BCUT2D eigenvalue weighted by Crippen LogP contribution is -2.54. The molecule has 0 bridgehead atoms. The van der Waals surface area contributed by atoms with Crippen LogP contribution in [0.2, 0.25) is 0 Å². The van der Waals surface area contributed by atoms with E-state index in [0.29, 0.717) is 19.1 Å². The molecule has 0 saturated carbocycles. The summed E-state index contributed by atoms with van der Waals surface area (Å²) in [6.45, 7) is 10.5. The Balaban J connectivity index is 1.65. The molecule has 3 heterocycles. The lowest BCUT2D eigenvalue weighted by molar-refractivity contribution is 0.0222. The fourth-order valence-corrected chi connectivity index (χ4v) is 3.51. The lowest BCUT2D eigenvalue weighted by atomic mass is 10.1. The molecule has 2 aliphatic rings. The number of carbonyl (C=O) groups is 1. The van der Waals surface area contributed by atoms with E-state index >= 15 is 0 Å². The van der Waals surface area contributed by atoms with Crippen LogP contribution in [0.5, 0.6) is 0 Å². The molecule has 1 N–H and O–H groups in total. The molecule has 3 rings (SSSR count). The second kappa shape index (κ2) is 7.98. The first-order valence-electron chi connectivity index (χ1n) is 9.67. The standard InChI is InChI=1S/C19H32N6O2/c1-19(2,3)27-18(26)25-8-6-16-14(11-25)10-21-17(22-16)24-9-7-20-15(13-24)12-23(4)5/h10,15,20H,6-9,11-13H2,1-5H3. The zero-order valence-electron chi connectivity index (χ0n) is 17.2. The molecule has 8 nitrogen and oxygen atoms in total. The second-order valence-electron chi connectivity index (χ2n) is 8.65. The van der Waals surface area contributed by atoms with Crippen LogP contribution in [0.1, 0.15) is 32.0 Å². The Kier molecular flexibility index (Phi) is 5.86. The lowest BCUT2D eigenvalue weighted by Gasteiger charge is -2.35. The van der Waals surface area contributed by atoms with Gasteiger partial charge >= 0.3 is 6.09 Å². The van der Waals surface area contributed by atoms with E-state index < -0.39 is 5.60 Å². The van der Waals surface area contributed by atoms with Gasteiger partial charge in [-0.05, 0) is 34.9 Å². The molecular weight excluding hydrogens is 344 g/mol. The van der Waals surface area contributed by atoms with Gasteiger partial charge in [-0.1, -0.05) is 0 Å². The number of amides is 1. The Morgan fingerprint density at radius 3 is 2.85 bits per heavy atom. The van der Waals surface area contributed by atoms with E-state index in [9.17, 15) is 4.79 Å². The number of carbonyl (C=O) groups excluding carboxylic acids is 1. The van der Waals surface area contributed by atoms with Crippen molar-refractivity contribution < 1.29 is 9.53 Å². The number of piperazine rings is 1. The number of nitrogens with zero attached hydrogens (tertiary/aromatic N) is 5. The highest BCUT2D eigenvalue weighted by atomic mass is 16.6. The summed E-state index contributed by atoms with van der Waals surface area (Å²) in [4.78, 5) is 27.9. The van der Waals surface area contributed by atoms with E-state index in [2.05, 4.69) is 34.2 Å². The Morgan fingerprint density at radius 1 is 1.37 bits per heavy atom. The van der Waals surface area contributed by atoms with Crippen molar-refractivity contribution in [2.24, 2.45) is 0 Å². The minimum Gasteiger partial charge on any atom is -0.444 e. The third kappa shape index (κ3) is 5.29. The van der Waals surface area contributed by atoms with Crippen LogP contribution in [0.4, 0.5) is 10.7 Å². The maximum atomic E-state index is 12.3. The molecule has 1 fully saturated rings. The number of hydrogen-bond donors (Lipinski definition) is 1. The molecule has 150 valence electrons. The smallest absolute Gasteiger partial charge is 0.410 e. The average Bonchev–Trinajstić information content (AvgIpc) is 2.59. The number of fused-ring (bicyclic) bond motifs is 1. The van der Waals surface area contributed by atoms with Crippen molar-refractivity contribution in [1.82, 2.24) is 25.1 Å². The molecule has 1 unspecified atom stereocenters. The first-order chi connectivity index (χ1) is 12.7. The van der Waals surface area contributed by atoms with Crippen molar-refractivity contribution in [2.45, 2.75) is 45.4 Å². The first kappa shape index (κ1) is 19.8. The number of hydrogen-bond acceptors (Lipinski definition) is 7. The second-order valence-corrected chi connectivity index (χ2v) is 8.65. The topological polar surface area (TPSA) is 73.8 Å². The normalized spacial score (nSPS) is 20.6. The molecule has 8 heteroatoms. The number of rotatable bonds is 3. The van der Waals surface area contributed by atoms with Gasteiger partial charge in [-0.3, -0.25) is 0 Å². The van der Waals surface area contributed by atoms with Gasteiger partial charge in [0.05, 0.1) is 12.2 Å². The molecule has 1 saturated heterocycles. The molecule has 1 amide bonds. The van der Waals surface area contributed by atoms with Gasteiger partial charge in [-0.25, -0.2) is 14.8 Å². The fraction of sp³-hybridized carbons (Fsp3) is 0.737. The molecule has 1 aromatic heterocycles. The maximum absolute atomic E-state index is 12.3. The molecule has 2 aliphatic heterocycles. The minimum atomic E-state index is -0.483. The maximum Gasteiger partial charge on any atom is 0.410 e. The van der Waals surface area contributed by atoms with Gasteiger partial charge in [-0.15, -0.1) is 0 Å². The van der Waals surface area contributed by atoms with E-state index in [0.717, 1.165) is 49.8 Å². The van der Waals surface area contributed by atoms with Gasteiger partial charge < -0.3 is 24.8 Å². The summed E-state index contributed by atoms with van der Waals surface area (Å²) in [6, 6.07) is 0.413. The summed E-state index contributed by atoms with van der Waals surface area (Å²) in [6.07, 6.45) is 2.33. The largest absolute Gasteiger partial charge is 0.444 e. The SMILES string of the molecule is CN(C)CC1CN(c2ncc3c(n2)CCN(C(=O)OC(C)(C)C)C3)CCN1. The van der Waals surface area contributed by atoms with Crippen LogP contribution in [-0.4, -0.2) is 84.3 Å². The highest BCUT2D eigenvalue weighted by molar-refractivity contribution is 5.68. The van der Waals surface area contributed by atoms with Crippen molar-refractivity contribution in [3.05, 3.63) is 17.5 Å². The Hall–Kier alpha value is -1.93. The number of likely N-dealkylation sites (N-methyl/N-ethyl adjacent to an activating group) is 1. The first-order valence-corrected chi connectivity index (χ1v) is 9.67. The van der Waals surface area contributed by atoms with Crippen LogP contribution in [0.3, 0.4) is 0 Å². The van der Waals surface area contributed by atoms with Crippen LogP contribution < -0.4 is 10.2 Å². The van der Waals surface area contributed by atoms with E-state index in [1.165, 1.54) is 0 Å². The highest BCUT2D eigenvalue weighted by Crippen LogP contribution is 2.21. The molecule has 1 aromatic rings. The van der Waals surface area contributed by atoms with Crippen LogP contribution in [0, 0.1) is 0 Å². The predicted molar refractivity (Wildman–Crippen MR) is 105 cm³/mol. The summed E-state index contributed by atoms with van der Waals surface area (Å²) in [5, 5.41) is 3.55. The molecule has 0 spiro atoms. The van der Waals surface area contributed by atoms with E-state index in [4.69, 9.17) is 9.72 Å². The van der Waals surface area contributed by atoms with Crippen LogP contribution in [-0.2, 0) is 17.7 Å². The highest BCUT2D eigenvalue weighted by Gasteiger charge is 2.28. The quantitative estimate of drug-likeness (QED) is 0.847. The van der Waals surface area contributed by atoms with E-state index in [-0.39, 0.29) is 6.09 Å². The summed E-state index contributed by atoms with van der Waals surface area (Å²) < 4.78 is 5.48. The monoisotopic (exact) mass is 376 g/mol. The fourth-order valence-electron chi connectivity index (χ4n) is 3.51. The molecule has 0 aliphatic carbocycles. The Morgan fingerprint density at radius 2 is 2.15 bits per heavy atom. The number of ether oxygens (including phenoxy) is 1. The van der Waals surface area contributed by atoms with Crippen LogP contribution in [0.25, 0.3) is 0 Å². The van der Waals surface area contributed by atoms with Crippen LogP contribution >= 0.6 is 0 Å². The van der Waals surface area contributed by atoms with Crippen LogP contribution in [0.15, 0.2) is 6.20 Å². The minimum absolute atomic E-state index is 0.272.